The third kappa shape index (κ3) is 8.57. The Morgan fingerprint density at radius 1 is 1.03 bits per heavy atom. The van der Waals surface area contributed by atoms with Crippen LogP contribution in [0, 0.1) is 43.2 Å². The SMILES string of the molecule is CC1=C\CC(C)\C=C(C(=O)c2cc(C#CC(C)(C)N)ccc2C)/C=C\1.Cc1ccc(F)cc1F. The summed E-state index contributed by atoms with van der Waals surface area (Å²) in [5.41, 5.74) is 10.2. The Balaban J connectivity index is 0.000000379. The van der Waals surface area contributed by atoms with Gasteiger partial charge in [-0.2, -0.15) is 0 Å². The highest BCUT2D eigenvalue weighted by Crippen LogP contribution is 2.21. The molecule has 3 rings (SSSR count). The summed E-state index contributed by atoms with van der Waals surface area (Å²) in [5, 5.41) is 0. The summed E-state index contributed by atoms with van der Waals surface area (Å²) < 4.78 is 24.4. The van der Waals surface area contributed by atoms with Crippen LogP contribution in [-0.2, 0) is 0 Å². The van der Waals surface area contributed by atoms with Crippen LogP contribution in [0.3, 0.4) is 0 Å². The van der Waals surface area contributed by atoms with Crippen LogP contribution >= 0.6 is 0 Å². The molecular formula is C30H33F2NO. The van der Waals surface area contributed by atoms with E-state index in [1.807, 2.05) is 51.1 Å². The highest BCUT2D eigenvalue weighted by molar-refractivity contribution is 6.11. The maximum absolute atomic E-state index is 13.1. The Morgan fingerprint density at radius 2 is 1.71 bits per heavy atom. The summed E-state index contributed by atoms with van der Waals surface area (Å²) in [6.45, 7) is 11.5. The van der Waals surface area contributed by atoms with E-state index in [1.165, 1.54) is 17.7 Å². The second-order valence-corrected chi connectivity index (χ2v) is 9.34. The van der Waals surface area contributed by atoms with Gasteiger partial charge in [0.1, 0.15) is 11.6 Å². The number of benzene rings is 2. The molecule has 0 radical (unpaired) electrons. The van der Waals surface area contributed by atoms with Crippen molar-refractivity contribution in [3.63, 3.8) is 0 Å². The number of aryl methyl sites for hydroxylation is 2. The zero-order valence-corrected chi connectivity index (χ0v) is 20.8. The first kappa shape index (κ1) is 27.0. The van der Waals surface area contributed by atoms with Gasteiger partial charge in [0.25, 0.3) is 0 Å². The molecule has 1 atom stereocenters. The molecule has 4 heteroatoms. The first-order valence-corrected chi connectivity index (χ1v) is 11.3. The fourth-order valence-electron chi connectivity index (χ4n) is 3.14. The molecular weight excluding hydrogens is 428 g/mol. The maximum Gasteiger partial charge on any atom is 0.193 e. The number of allylic oxidation sites excluding steroid dienone is 6. The monoisotopic (exact) mass is 461 g/mol. The lowest BCUT2D eigenvalue weighted by Gasteiger charge is -2.12. The van der Waals surface area contributed by atoms with Crippen molar-refractivity contribution >= 4 is 5.78 Å². The van der Waals surface area contributed by atoms with E-state index in [0.29, 0.717) is 17.0 Å². The number of carbonyl (C=O) groups excluding carboxylic acids is 1. The minimum atomic E-state index is -0.556. The third-order valence-corrected chi connectivity index (χ3v) is 5.21. The average Bonchev–Trinajstić information content (AvgIpc) is 2.75. The molecule has 0 saturated heterocycles. The maximum atomic E-state index is 13.1. The first-order chi connectivity index (χ1) is 15.9. The van der Waals surface area contributed by atoms with E-state index >= 15 is 0 Å². The molecule has 0 amide bonds. The van der Waals surface area contributed by atoms with Gasteiger partial charge in [0.2, 0.25) is 0 Å². The molecule has 0 spiro atoms. The topological polar surface area (TPSA) is 43.1 Å². The number of hydrogen-bond acceptors (Lipinski definition) is 2. The number of carbonyl (C=O) groups is 1. The van der Waals surface area contributed by atoms with Crippen molar-refractivity contribution < 1.29 is 13.6 Å². The van der Waals surface area contributed by atoms with E-state index in [-0.39, 0.29) is 5.78 Å². The van der Waals surface area contributed by atoms with Crippen molar-refractivity contribution in [2.75, 3.05) is 0 Å². The number of Topliss-reactive ketones (excluding diaryl/α,β-unsaturated/α-hetero) is 1. The molecule has 0 aromatic heterocycles. The lowest BCUT2D eigenvalue weighted by molar-refractivity contribution is 0.103. The minimum Gasteiger partial charge on any atom is -0.316 e. The molecule has 1 aliphatic carbocycles. The van der Waals surface area contributed by atoms with Gasteiger partial charge < -0.3 is 5.73 Å². The molecule has 0 heterocycles. The van der Waals surface area contributed by atoms with Crippen molar-refractivity contribution in [3.05, 3.63) is 106 Å². The predicted octanol–water partition coefficient (Wildman–Crippen LogP) is 7.01. The molecule has 0 bridgehead atoms. The van der Waals surface area contributed by atoms with Crippen LogP contribution in [0.25, 0.3) is 0 Å². The summed E-state index contributed by atoms with van der Waals surface area (Å²) >= 11 is 0. The number of rotatable bonds is 2. The van der Waals surface area contributed by atoms with Crippen molar-refractivity contribution in [1.82, 2.24) is 0 Å². The van der Waals surface area contributed by atoms with Crippen LogP contribution in [0.4, 0.5) is 8.78 Å². The molecule has 178 valence electrons. The van der Waals surface area contributed by atoms with Gasteiger partial charge >= 0.3 is 0 Å². The lowest BCUT2D eigenvalue weighted by atomic mass is 9.92. The average molecular weight is 462 g/mol. The van der Waals surface area contributed by atoms with E-state index in [0.717, 1.165) is 29.2 Å². The quantitative estimate of drug-likeness (QED) is 0.386. The Hall–Kier alpha value is -3.29. The second kappa shape index (κ2) is 11.7. The summed E-state index contributed by atoms with van der Waals surface area (Å²) in [4.78, 5) is 13.1. The van der Waals surface area contributed by atoms with Crippen LogP contribution in [0.1, 0.15) is 61.2 Å². The molecule has 2 N–H and O–H groups in total. The molecule has 34 heavy (non-hydrogen) atoms. The minimum absolute atomic E-state index is 0.0472. The van der Waals surface area contributed by atoms with Crippen LogP contribution in [0.5, 0.6) is 0 Å². The number of halogens is 2. The Kier molecular flexibility index (Phi) is 9.29. The highest BCUT2D eigenvalue weighted by atomic mass is 19.1. The zero-order chi connectivity index (χ0) is 25.5. The number of nitrogens with two attached hydrogens (primary N) is 1. The molecule has 2 aromatic carbocycles. The molecule has 2 aromatic rings. The first-order valence-electron chi connectivity index (χ1n) is 11.3. The van der Waals surface area contributed by atoms with E-state index in [2.05, 4.69) is 37.8 Å². The summed E-state index contributed by atoms with van der Waals surface area (Å²) in [6, 6.07) is 9.26. The predicted molar refractivity (Wildman–Crippen MR) is 137 cm³/mol. The fraction of sp³-hybridized carbons (Fsp3) is 0.300. The van der Waals surface area contributed by atoms with Crippen molar-refractivity contribution in [3.8, 4) is 11.8 Å². The van der Waals surface area contributed by atoms with Crippen molar-refractivity contribution in [1.29, 1.82) is 0 Å². The van der Waals surface area contributed by atoms with Crippen LogP contribution in [-0.4, -0.2) is 11.3 Å². The van der Waals surface area contributed by atoms with Gasteiger partial charge in [-0.15, -0.1) is 0 Å². The largest absolute Gasteiger partial charge is 0.316 e. The normalized spacial score (nSPS) is 19.5. The summed E-state index contributed by atoms with van der Waals surface area (Å²) in [7, 11) is 0. The van der Waals surface area contributed by atoms with Gasteiger partial charge in [-0.3, -0.25) is 4.79 Å². The Bertz CT molecular complexity index is 1200. The fourth-order valence-corrected chi connectivity index (χ4v) is 3.14. The second-order valence-electron chi connectivity index (χ2n) is 9.34. The molecule has 1 aliphatic rings. The standard InChI is InChI=1S/C23H27NO.C7H6F2/c1-16-6-7-17(2)14-20(11-8-16)22(25)21-15-19(10-9-18(21)3)12-13-23(4,5)24;1-5-2-3-6(8)4-7(5)9/h6,8-11,14-15,17H,7,24H2,1-5H3;2-4H,1H3/b11-8-,16-6+,20-14+;. The van der Waals surface area contributed by atoms with Crippen LogP contribution in [0.15, 0.2) is 71.8 Å². The van der Waals surface area contributed by atoms with E-state index in [9.17, 15) is 13.6 Å². The van der Waals surface area contributed by atoms with E-state index in [4.69, 9.17) is 5.73 Å². The van der Waals surface area contributed by atoms with Gasteiger partial charge in [-0.1, -0.05) is 60.8 Å². The van der Waals surface area contributed by atoms with Gasteiger partial charge in [0, 0.05) is 22.8 Å². The van der Waals surface area contributed by atoms with Gasteiger partial charge in [0.15, 0.2) is 5.78 Å². The van der Waals surface area contributed by atoms with Crippen LogP contribution in [0.2, 0.25) is 0 Å². The van der Waals surface area contributed by atoms with Crippen molar-refractivity contribution in [2.24, 2.45) is 11.7 Å². The lowest BCUT2D eigenvalue weighted by Crippen LogP contribution is -2.29. The smallest absolute Gasteiger partial charge is 0.193 e. The Morgan fingerprint density at radius 3 is 2.32 bits per heavy atom. The number of ketones is 1. The van der Waals surface area contributed by atoms with Gasteiger partial charge in [0.05, 0.1) is 5.54 Å². The molecule has 0 fully saturated rings. The summed E-state index contributed by atoms with van der Waals surface area (Å²) in [5.74, 6) is 5.45. The van der Waals surface area contributed by atoms with Crippen LogP contribution < -0.4 is 5.73 Å². The highest BCUT2D eigenvalue weighted by Gasteiger charge is 2.15. The molecule has 2 nitrogen and oxygen atoms in total. The van der Waals surface area contributed by atoms with E-state index < -0.39 is 17.2 Å². The Labute approximate surface area is 202 Å². The van der Waals surface area contributed by atoms with Gasteiger partial charge in [-0.25, -0.2) is 8.78 Å². The number of hydrogen-bond donors (Lipinski definition) is 1. The third-order valence-electron chi connectivity index (χ3n) is 5.21. The summed E-state index contributed by atoms with van der Waals surface area (Å²) in [6.07, 6.45) is 9.14. The zero-order valence-electron chi connectivity index (χ0n) is 20.8. The van der Waals surface area contributed by atoms with E-state index in [1.54, 1.807) is 6.92 Å². The van der Waals surface area contributed by atoms with Crippen molar-refractivity contribution in [2.45, 2.75) is 53.5 Å². The molecule has 1 unspecified atom stereocenters. The molecule has 0 saturated carbocycles. The van der Waals surface area contributed by atoms with Gasteiger partial charge in [-0.05, 0) is 76.3 Å². The molecule has 0 aliphatic heterocycles.